The number of carbonyl (C=O) groups excluding carboxylic acids is 1. The highest BCUT2D eigenvalue weighted by molar-refractivity contribution is 6.31. The van der Waals surface area contributed by atoms with E-state index < -0.39 is 5.97 Å². The van der Waals surface area contributed by atoms with Crippen LogP contribution in [0.15, 0.2) is 12.1 Å². The first-order valence-corrected chi connectivity index (χ1v) is 5.42. The Morgan fingerprint density at radius 1 is 1.35 bits per heavy atom. The predicted molar refractivity (Wildman–Crippen MR) is 63.9 cm³/mol. The van der Waals surface area contributed by atoms with Gasteiger partial charge in [0.05, 0.1) is 19.1 Å². The smallest absolute Gasteiger partial charge is 0.303 e. The number of hydrogen-bond acceptors (Lipinski definition) is 3. The molecule has 92 valence electrons. The fourth-order valence-corrected chi connectivity index (χ4v) is 1.56. The maximum Gasteiger partial charge on any atom is 0.303 e. The highest BCUT2D eigenvalue weighted by atomic mass is 35.5. The van der Waals surface area contributed by atoms with Gasteiger partial charge in [-0.2, -0.15) is 0 Å². The number of Topliss-reactive ketones (excluding diaryl/α,β-unsaturated/α-hetero) is 1. The number of aryl methyl sites for hydroxylation is 1. The Morgan fingerprint density at radius 2 is 2.00 bits per heavy atom. The third kappa shape index (κ3) is 3.46. The molecule has 1 aromatic rings. The summed E-state index contributed by atoms with van der Waals surface area (Å²) in [7, 11) is 1.44. The SMILES string of the molecule is COc1cc(Cl)c(C)cc1C(=O)CCC(=O)O. The van der Waals surface area contributed by atoms with Crippen LogP contribution in [0.25, 0.3) is 0 Å². The summed E-state index contributed by atoms with van der Waals surface area (Å²) in [6.45, 7) is 1.77. The summed E-state index contributed by atoms with van der Waals surface area (Å²) in [5.74, 6) is -0.886. The van der Waals surface area contributed by atoms with Gasteiger partial charge in [-0.05, 0) is 24.6 Å². The molecule has 0 spiro atoms. The summed E-state index contributed by atoms with van der Waals surface area (Å²) < 4.78 is 5.06. The van der Waals surface area contributed by atoms with Crippen LogP contribution < -0.4 is 4.74 Å². The van der Waals surface area contributed by atoms with Gasteiger partial charge in [0.2, 0.25) is 0 Å². The van der Waals surface area contributed by atoms with Crippen molar-refractivity contribution in [3.63, 3.8) is 0 Å². The Morgan fingerprint density at radius 3 is 2.53 bits per heavy atom. The van der Waals surface area contributed by atoms with Crippen LogP contribution in [0.3, 0.4) is 0 Å². The van der Waals surface area contributed by atoms with Crippen LogP contribution >= 0.6 is 11.6 Å². The molecule has 0 aliphatic rings. The quantitative estimate of drug-likeness (QED) is 0.823. The molecule has 5 heteroatoms. The number of carbonyl (C=O) groups is 2. The summed E-state index contributed by atoms with van der Waals surface area (Å²) >= 11 is 5.91. The van der Waals surface area contributed by atoms with Gasteiger partial charge in [0.15, 0.2) is 5.78 Å². The minimum atomic E-state index is -0.997. The van der Waals surface area contributed by atoms with Gasteiger partial charge in [0.1, 0.15) is 5.75 Å². The van der Waals surface area contributed by atoms with Crippen molar-refractivity contribution in [1.82, 2.24) is 0 Å². The van der Waals surface area contributed by atoms with Crippen molar-refractivity contribution in [2.24, 2.45) is 0 Å². The molecule has 0 aliphatic carbocycles. The van der Waals surface area contributed by atoms with E-state index in [0.29, 0.717) is 16.3 Å². The van der Waals surface area contributed by atoms with Gasteiger partial charge in [0, 0.05) is 11.4 Å². The second-order valence-electron chi connectivity index (χ2n) is 3.62. The van der Waals surface area contributed by atoms with E-state index in [9.17, 15) is 9.59 Å². The summed E-state index contributed by atoms with van der Waals surface area (Å²) in [6, 6.07) is 3.18. The zero-order valence-corrected chi connectivity index (χ0v) is 10.4. The number of ketones is 1. The van der Waals surface area contributed by atoms with Gasteiger partial charge in [-0.1, -0.05) is 11.6 Å². The molecular weight excluding hydrogens is 244 g/mol. The van der Waals surface area contributed by atoms with Crippen molar-refractivity contribution in [3.05, 3.63) is 28.3 Å². The van der Waals surface area contributed by atoms with Gasteiger partial charge in [0.25, 0.3) is 0 Å². The molecule has 0 saturated heterocycles. The van der Waals surface area contributed by atoms with E-state index in [1.807, 2.05) is 0 Å². The highest BCUT2D eigenvalue weighted by Crippen LogP contribution is 2.27. The number of carboxylic acid groups (broad SMARTS) is 1. The maximum atomic E-state index is 11.8. The predicted octanol–water partition coefficient (Wildman–Crippen LogP) is 2.70. The molecule has 0 heterocycles. The number of carboxylic acids is 1. The van der Waals surface area contributed by atoms with Crippen LogP contribution in [-0.4, -0.2) is 24.0 Å². The van der Waals surface area contributed by atoms with E-state index in [1.165, 1.54) is 7.11 Å². The summed E-state index contributed by atoms with van der Waals surface area (Å²) in [4.78, 5) is 22.2. The lowest BCUT2D eigenvalue weighted by Gasteiger charge is -2.09. The van der Waals surface area contributed by atoms with E-state index >= 15 is 0 Å². The van der Waals surface area contributed by atoms with Gasteiger partial charge < -0.3 is 9.84 Å². The molecule has 0 aromatic heterocycles. The minimum absolute atomic E-state index is 0.0488. The third-order valence-corrected chi connectivity index (χ3v) is 2.75. The second kappa shape index (κ2) is 5.68. The van der Waals surface area contributed by atoms with Gasteiger partial charge in [-0.25, -0.2) is 0 Å². The topological polar surface area (TPSA) is 63.6 Å². The number of methoxy groups -OCH3 is 1. The van der Waals surface area contributed by atoms with E-state index in [1.54, 1.807) is 19.1 Å². The molecule has 0 atom stereocenters. The lowest BCUT2D eigenvalue weighted by atomic mass is 10.0. The molecule has 0 bridgehead atoms. The molecule has 0 unspecified atom stereocenters. The first-order chi connectivity index (χ1) is 7.95. The van der Waals surface area contributed by atoms with Crippen LogP contribution in [0, 0.1) is 6.92 Å². The first kappa shape index (κ1) is 13.5. The lowest BCUT2D eigenvalue weighted by molar-refractivity contribution is -0.136. The number of aliphatic carboxylic acids is 1. The van der Waals surface area contributed by atoms with Gasteiger partial charge in [-0.15, -0.1) is 0 Å². The molecule has 0 fully saturated rings. The number of benzene rings is 1. The molecule has 1 aromatic carbocycles. The van der Waals surface area contributed by atoms with Crippen molar-refractivity contribution < 1.29 is 19.4 Å². The fraction of sp³-hybridized carbons (Fsp3) is 0.333. The summed E-state index contributed by atoms with van der Waals surface area (Å²) in [5.41, 5.74) is 1.13. The molecule has 0 saturated carbocycles. The van der Waals surface area contributed by atoms with Crippen molar-refractivity contribution in [1.29, 1.82) is 0 Å². The Hall–Kier alpha value is -1.55. The van der Waals surface area contributed by atoms with Crippen molar-refractivity contribution in [2.75, 3.05) is 7.11 Å². The van der Waals surface area contributed by atoms with Crippen LogP contribution in [0.2, 0.25) is 5.02 Å². The lowest BCUT2D eigenvalue weighted by Crippen LogP contribution is -2.06. The number of rotatable bonds is 5. The molecule has 0 aliphatic heterocycles. The van der Waals surface area contributed by atoms with Crippen LogP contribution in [-0.2, 0) is 4.79 Å². The zero-order valence-electron chi connectivity index (χ0n) is 9.62. The Balaban J connectivity index is 2.99. The second-order valence-corrected chi connectivity index (χ2v) is 4.03. The molecule has 4 nitrogen and oxygen atoms in total. The van der Waals surface area contributed by atoms with Crippen molar-refractivity contribution >= 4 is 23.4 Å². The maximum absolute atomic E-state index is 11.8. The number of hydrogen-bond donors (Lipinski definition) is 1. The Kier molecular flexibility index (Phi) is 4.52. The first-order valence-electron chi connectivity index (χ1n) is 5.05. The van der Waals surface area contributed by atoms with Gasteiger partial charge >= 0.3 is 5.97 Å². The zero-order chi connectivity index (χ0) is 13.0. The normalized spacial score (nSPS) is 10.1. The van der Waals surface area contributed by atoms with Crippen molar-refractivity contribution in [2.45, 2.75) is 19.8 Å². The van der Waals surface area contributed by atoms with E-state index in [4.69, 9.17) is 21.4 Å². The van der Waals surface area contributed by atoms with E-state index in [2.05, 4.69) is 0 Å². The number of ether oxygens (including phenoxy) is 1. The molecule has 17 heavy (non-hydrogen) atoms. The van der Waals surface area contributed by atoms with Crippen LogP contribution in [0.4, 0.5) is 0 Å². The fourth-order valence-electron chi connectivity index (χ4n) is 1.41. The van der Waals surface area contributed by atoms with Gasteiger partial charge in [-0.3, -0.25) is 9.59 Å². The molecule has 1 rings (SSSR count). The Bertz CT molecular complexity index is 454. The van der Waals surface area contributed by atoms with Crippen LogP contribution in [0.1, 0.15) is 28.8 Å². The number of halogens is 1. The standard InChI is InChI=1S/C12H13ClO4/c1-7-5-8(10(14)3-4-12(15)16)11(17-2)6-9(7)13/h5-6H,3-4H2,1-2H3,(H,15,16). The molecule has 0 amide bonds. The summed E-state index contributed by atoms with van der Waals surface area (Å²) in [5, 5.41) is 9.04. The summed E-state index contributed by atoms with van der Waals surface area (Å²) in [6.07, 6.45) is -0.240. The molecule has 0 radical (unpaired) electrons. The van der Waals surface area contributed by atoms with Crippen LogP contribution in [0.5, 0.6) is 5.75 Å². The monoisotopic (exact) mass is 256 g/mol. The molecule has 1 N–H and O–H groups in total. The Labute approximate surface area is 104 Å². The van der Waals surface area contributed by atoms with E-state index in [0.717, 1.165) is 5.56 Å². The average molecular weight is 257 g/mol. The third-order valence-electron chi connectivity index (χ3n) is 2.35. The highest BCUT2D eigenvalue weighted by Gasteiger charge is 2.15. The van der Waals surface area contributed by atoms with E-state index in [-0.39, 0.29) is 18.6 Å². The largest absolute Gasteiger partial charge is 0.496 e. The molecular formula is C12H13ClO4. The minimum Gasteiger partial charge on any atom is -0.496 e. The average Bonchev–Trinajstić information content (AvgIpc) is 2.28. The van der Waals surface area contributed by atoms with Crippen molar-refractivity contribution in [3.8, 4) is 5.75 Å².